The lowest BCUT2D eigenvalue weighted by Crippen LogP contribution is -2.54. The third-order valence-electron chi connectivity index (χ3n) is 7.06. The van der Waals surface area contributed by atoms with Crippen LogP contribution in [-0.2, 0) is 20.8 Å². The molecule has 0 N–H and O–H groups in total. The highest BCUT2D eigenvalue weighted by molar-refractivity contribution is 5.95. The fourth-order valence-electron chi connectivity index (χ4n) is 5.11. The highest BCUT2D eigenvalue weighted by Gasteiger charge is 2.41. The van der Waals surface area contributed by atoms with Crippen molar-refractivity contribution in [2.24, 2.45) is 0 Å². The lowest BCUT2D eigenvalue weighted by Gasteiger charge is -2.42. The van der Waals surface area contributed by atoms with Gasteiger partial charge in [-0.05, 0) is 37.0 Å². The summed E-state index contributed by atoms with van der Waals surface area (Å²) in [6, 6.07) is 13.8. The molecule has 1 spiro atoms. The number of aromatic nitrogens is 1. The van der Waals surface area contributed by atoms with E-state index in [2.05, 4.69) is 9.88 Å². The Bertz CT molecular complexity index is 1010. The minimum absolute atomic E-state index is 0.0269. The van der Waals surface area contributed by atoms with Crippen LogP contribution in [0.3, 0.4) is 0 Å². The fraction of sp³-hybridized carbons (Fsp3) is 0.500. The first-order valence-corrected chi connectivity index (χ1v) is 12.2. The van der Waals surface area contributed by atoms with Gasteiger partial charge in [0.25, 0.3) is 5.91 Å². The molecule has 0 aliphatic carbocycles. The van der Waals surface area contributed by atoms with Crippen LogP contribution in [-0.4, -0.2) is 84.7 Å². The predicted octanol–water partition coefficient (Wildman–Crippen LogP) is 2.34. The number of amides is 2. The van der Waals surface area contributed by atoms with Crippen molar-refractivity contribution in [3.8, 4) is 0 Å². The van der Waals surface area contributed by atoms with Gasteiger partial charge in [0.05, 0.1) is 25.4 Å². The van der Waals surface area contributed by atoms with Crippen LogP contribution in [0.25, 0.3) is 0 Å². The molecule has 4 heterocycles. The second-order valence-corrected chi connectivity index (χ2v) is 9.35. The number of anilines is 1. The highest BCUT2D eigenvalue weighted by atomic mass is 16.5. The molecule has 8 heteroatoms. The van der Waals surface area contributed by atoms with Crippen LogP contribution >= 0.6 is 0 Å². The summed E-state index contributed by atoms with van der Waals surface area (Å²) in [6.07, 6.45) is 4.12. The zero-order chi connectivity index (χ0) is 23.4. The van der Waals surface area contributed by atoms with Gasteiger partial charge < -0.3 is 24.2 Å². The van der Waals surface area contributed by atoms with Crippen molar-refractivity contribution in [3.63, 3.8) is 0 Å². The molecule has 3 aliphatic rings. The van der Waals surface area contributed by atoms with E-state index in [1.807, 2.05) is 46.2 Å². The van der Waals surface area contributed by atoms with Gasteiger partial charge in [-0.3, -0.25) is 9.59 Å². The Morgan fingerprint density at radius 1 is 1.03 bits per heavy atom. The summed E-state index contributed by atoms with van der Waals surface area (Å²) in [5.41, 5.74) is 1.39. The number of hydrogen-bond donors (Lipinski definition) is 0. The van der Waals surface area contributed by atoms with Crippen LogP contribution in [0.2, 0.25) is 0 Å². The molecule has 5 rings (SSSR count). The molecular weight excluding hydrogens is 432 g/mol. The monoisotopic (exact) mass is 464 g/mol. The molecule has 2 aromatic rings. The fourth-order valence-corrected chi connectivity index (χ4v) is 5.11. The van der Waals surface area contributed by atoms with Crippen molar-refractivity contribution in [1.82, 2.24) is 14.8 Å². The molecule has 3 aliphatic heterocycles. The summed E-state index contributed by atoms with van der Waals surface area (Å²) in [5.74, 6) is 0.882. The van der Waals surface area contributed by atoms with Crippen LogP contribution in [0.15, 0.2) is 48.7 Å². The first-order chi connectivity index (χ1) is 16.6. The SMILES string of the molecule is O=C1CO[C@@]2(CCCN(C(=O)c3ccnc(N4CCOCC4)c3)CC2)CN1Cc1ccccc1. The number of nitrogens with zero attached hydrogens (tertiary/aromatic N) is 4. The van der Waals surface area contributed by atoms with E-state index in [-0.39, 0.29) is 18.4 Å². The Hall–Kier alpha value is -2.97. The van der Waals surface area contributed by atoms with E-state index in [1.165, 1.54) is 0 Å². The first kappa shape index (κ1) is 22.8. The minimum atomic E-state index is -0.394. The van der Waals surface area contributed by atoms with Crippen LogP contribution in [0, 0.1) is 0 Å². The Balaban J connectivity index is 1.24. The molecule has 0 radical (unpaired) electrons. The van der Waals surface area contributed by atoms with E-state index in [0.29, 0.717) is 45.0 Å². The van der Waals surface area contributed by atoms with E-state index in [4.69, 9.17) is 9.47 Å². The van der Waals surface area contributed by atoms with Gasteiger partial charge in [0.1, 0.15) is 12.4 Å². The average Bonchev–Trinajstić information content (AvgIpc) is 3.10. The molecule has 3 fully saturated rings. The predicted molar refractivity (Wildman–Crippen MR) is 128 cm³/mol. The van der Waals surface area contributed by atoms with Gasteiger partial charge in [0.2, 0.25) is 5.91 Å². The molecule has 1 atom stereocenters. The van der Waals surface area contributed by atoms with Gasteiger partial charge in [0.15, 0.2) is 0 Å². The number of likely N-dealkylation sites (tertiary alicyclic amines) is 1. The van der Waals surface area contributed by atoms with Gasteiger partial charge in [0, 0.05) is 44.5 Å². The third kappa shape index (κ3) is 5.08. The molecular formula is C26H32N4O4. The number of hydrogen-bond acceptors (Lipinski definition) is 6. The summed E-state index contributed by atoms with van der Waals surface area (Å²) in [4.78, 5) is 36.4. The van der Waals surface area contributed by atoms with Crippen LogP contribution in [0.1, 0.15) is 35.2 Å². The molecule has 1 aromatic heterocycles. The second-order valence-electron chi connectivity index (χ2n) is 9.35. The summed E-state index contributed by atoms with van der Waals surface area (Å²) in [7, 11) is 0. The van der Waals surface area contributed by atoms with Crippen molar-refractivity contribution in [3.05, 3.63) is 59.8 Å². The van der Waals surface area contributed by atoms with Crippen LogP contribution in [0.5, 0.6) is 0 Å². The largest absolute Gasteiger partial charge is 0.378 e. The van der Waals surface area contributed by atoms with Gasteiger partial charge >= 0.3 is 0 Å². The number of rotatable bonds is 4. The van der Waals surface area contributed by atoms with Gasteiger partial charge in [-0.1, -0.05) is 30.3 Å². The maximum absolute atomic E-state index is 13.4. The number of ether oxygens (including phenoxy) is 2. The first-order valence-electron chi connectivity index (χ1n) is 12.2. The van der Waals surface area contributed by atoms with Gasteiger partial charge in [-0.25, -0.2) is 4.98 Å². The van der Waals surface area contributed by atoms with Crippen molar-refractivity contribution in [2.45, 2.75) is 31.4 Å². The van der Waals surface area contributed by atoms with Crippen molar-refractivity contribution in [2.75, 3.05) is 57.4 Å². The second kappa shape index (κ2) is 10.1. The summed E-state index contributed by atoms with van der Waals surface area (Å²) in [6.45, 7) is 5.49. The molecule has 0 bridgehead atoms. The number of carbonyl (C=O) groups excluding carboxylic acids is 2. The zero-order valence-electron chi connectivity index (χ0n) is 19.5. The molecule has 0 unspecified atom stereocenters. The van der Waals surface area contributed by atoms with Crippen LogP contribution < -0.4 is 4.90 Å². The number of morpholine rings is 2. The third-order valence-corrected chi connectivity index (χ3v) is 7.06. The lowest BCUT2D eigenvalue weighted by molar-refractivity contribution is -0.166. The molecule has 3 saturated heterocycles. The molecule has 0 saturated carbocycles. The van der Waals surface area contributed by atoms with E-state index < -0.39 is 5.60 Å². The normalized spacial score (nSPS) is 23.8. The Labute approximate surface area is 200 Å². The quantitative estimate of drug-likeness (QED) is 0.692. The number of benzene rings is 1. The average molecular weight is 465 g/mol. The topological polar surface area (TPSA) is 75.2 Å². The standard InChI is InChI=1S/C26H32N4O4/c31-24-19-34-26(20-30(24)18-21-5-2-1-3-6-21)8-4-11-29(12-9-26)25(32)22-7-10-27-23(17-22)28-13-15-33-16-14-28/h1-3,5-7,10,17H,4,8-9,11-16,18-20H2/t26-/m1/s1. The molecule has 34 heavy (non-hydrogen) atoms. The summed E-state index contributed by atoms with van der Waals surface area (Å²) < 4.78 is 11.6. The van der Waals surface area contributed by atoms with E-state index in [9.17, 15) is 9.59 Å². The van der Waals surface area contributed by atoms with Gasteiger partial charge in [-0.15, -0.1) is 0 Å². The summed E-state index contributed by atoms with van der Waals surface area (Å²) >= 11 is 0. The summed E-state index contributed by atoms with van der Waals surface area (Å²) in [5, 5.41) is 0. The zero-order valence-corrected chi connectivity index (χ0v) is 19.5. The smallest absolute Gasteiger partial charge is 0.254 e. The minimum Gasteiger partial charge on any atom is -0.378 e. The molecule has 180 valence electrons. The van der Waals surface area contributed by atoms with Gasteiger partial charge in [-0.2, -0.15) is 0 Å². The van der Waals surface area contributed by atoms with E-state index >= 15 is 0 Å². The van der Waals surface area contributed by atoms with Crippen molar-refractivity contribution >= 4 is 17.6 Å². The Morgan fingerprint density at radius 3 is 2.68 bits per heavy atom. The number of carbonyl (C=O) groups is 2. The number of pyridine rings is 1. The maximum atomic E-state index is 13.4. The Kier molecular flexibility index (Phi) is 6.78. The van der Waals surface area contributed by atoms with E-state index in [1.54, 1.807) is 12.3 Å². The lowest BCUT2D eigenvalue weighted by atomic mass is 9.92. The van der Waals surface area contributed by atoms with Crippen LogP contribution in [0.4, 0.5) is 5.82 Å². The maximum Gasteiger partial charge on any atom is 0.254 e. The Morgan fingerprint density at radius 2 is 1.85 bits per heavy atom. The van der Waals surface area contributed by atoms with E-state index in [0.717, 1.165) is 43.7 Å². The van der Waals surface area contributed by atoms with Crippen molar-refractivity contribution in [1.29, 1.82) is 0 Å². The van der Waals surface area contributed by atoms with Crippen molar-refractivity contribution < 1.29 is 19.1 Å². The molecule has 8 nitrogen and oxygen atoms in total. The molecule has 2 amide bonds. The molecule has 1 aromatic carbocycles. The highest BCUT2D eigenvalue weighted by Crippen LogP contribution is 2.32.